The Kier molecular flexibility index (Phi) is 4.63. The fourth-order valence-corrected chi connectivity index (χ4v) is 1.38. The van der Waals surface area contributed by atoms with Crippen molar-refractivity contribution < 1.29 is 14.6 Å². The van der Waals surface area contributed by atoms with Gasteiger partial charge in [-0.1, -0.05) is 12.1 Å². The Hall–Kier alpha value is -1.55. The second kappa shape index (κ2) is 6.03. The Morgan fingerprint density at radius 2 is 2.13 bits per heavy atom. The van der Waals surface area contributed by atoms with Crippen molar-refractivity contribution in [3.8, 4) is 5.75 Å². The highest BCUT2D eigenvalue weighted by Gasteiger charge is 2.07. The number of rotatable bonds is 6. The summed E-state index contributed by atoms with van der Waals surface area (Å²) in [5.74, 6) is 0.241. The van der Waals surface area contributed by atoms with Gasteiger partial charge in [0.2, 0.25) is 6.41 Å². The van der Waals surface area contributed by atoms with Crippen LogP contribution >= 0.6 is 0 Å². The van der Waals surface area contributed by atoms with E-state index < -0.39 is 0 Å². The number of ether oxygens (including phenoxy) is 1. The second-order valence-electron chi connectivity index (χ2n) is 3.31. The maximum atomic E-state index is 10.3. The number of hydrogen-bond donors (Lipinski definition) is 2. The minimum atomic E-state index is -0.0305. The predicted octanol–water partition coefficient (Wildman–Crippen LogP) is 0.696. The lowest BCUT2D eigenvalue weighted by atomic mass is 10.1. The highest BCUT2D eigenvalue weighted by Crippen LogP contribution is 2.11. The van der Waals surface area contributed by atoms with Crippen molar-refractivity contribution in [3.05, 3.63) is 29.8 Å². The molecule has 0 saturated carbocycles. The molecule has 1 amide bonds. The molecule has 15 heavy (non-hydrogen) atoms. The number of phenolic OH excluding ortho intramolecular Hbond substituents is 1. The Balaban J connectivity index is 2.56. The molecule has 82 valence electrons. The summed E-state index contributed by atoms with van der Waals surface area (Å²) in [7, 11) is 1.59. The van der Waals surface area contributed by atoms with Gasteiger partial charge in [0.25, 0.3) is 0 Å². The van der Waals surface area contributed by atoms with Crippen LogP contribution in [0, 0.1) is 0 Å². The highest BCUT2D eigenvalue weighted by atomic mass is 16.5. The van der Waals surface area contributed by atoms with Gasteiger partial charge < -0.3 is 15.2 Å². The molecule has 1 unspecified atom stereocenters. The van der Waals surface area contributed by atoms with E-state index in [1.807, 2.05) is 12.1 Å². The zero-order chi connectivity index (χ0) is 11.1. The zero-order valence-electron chi connectivity index (χ0n) is 8.64. The molecule has 0 heterocycles. The summed E-state index contributed by atoms with van der Waals surface area (Å²) in [4.78, 5) is 10.3. The van der Waals surface area contributed by atoms with E-state index in [0.717, 1.165) is 5.56 Å². The van der Waals surface area contributed by atoms with Crippen LogP contribution in [0.2, 0.25) is 0 Å². The van der Waals surface area contributed by atoms with E-state index in [-0.39, 0.29) is 11.8 Å². The maximum Gasteiger partial charge on any atom is 0.207 e. The molecule has 0 aromatic heterocycles. The summed E-state index contributed by atoms with van der Waals surface area (Å²) in [5.41, 5.74) is 1.05. The fraction of sp³-hybridized carbons (Fsp3) is 0.364. The first-order chi connectivity index (χ1) is 7.26. The number of carbonyl (C=O) groups is 1. The van der Waals surface area contributed by atoms with Gasteiger partial charge >= 0.3 is 0 Å². The molecule has 0 radical (unpaired) electrons. The largest absolute Gasteiger partial charge is 0.508 e. The standard InChI is InChI=1S/C11H15NO3/c1-15-7-10(12-8-13)6-9-2-4-11(14)5-3-9/h2-5,8,10,14H,6-7H2,1H3,(H,12,13). The first kappa shape index (κ1) is 11.5. The van der Waals surface area contributed by atoms with Crippen molar-refractivity contribution in [1.82, 2.24) is 5.32 Å². The molecule has 0 bridgehead atoms. The summed E-state index contributed by atoms with van der Waals surface area (Å²) in [5, 5.41) is 11.8. The van der Waals surface area contributed by atoms with Gasteiger partial charge in [0.1, 0.15) is 5.75 Å². The molecule has 1 atom stereocenters. The van der Waals surface area contributed by atoms with E-state index in [2.05, 4.69) is 5.32 Å². The number of nitrogens with one attached hydrogen (secondary N) is 1. The van der Waals surface area contributed by atoms with Crippen LogP contribution in [0.15, 0.2) is 24.3 Å². The Bertz CT molecular complexity index is 297. The molecular weight excluding hydrogens is 194 g/mol. The molecule has 1 rings (SSSR count). The summed E-state index contributed by atoms with van der Waals surface area (Å²) in [6.07, 6.45) is 1.36. The number of benzene rings is 1. The van der Waals surface area contributed by atoms with E-state index in [1.54, 1.807) is 19.2 Å². The number of carbonyl (C=O) groups excluding carboxylic acids is 1. The summed E-state index contributed by atoms with van der Waals surface area (Å²) < 4.78 is 4.98. The van der Waals surface area contributed by atoms with Crippen LogP contribution in [0.4, 0.5) is 0 Å². The number of amides is 1. The van der Waals surface area contributed by atoms with Gasteiger partial charge in [-0.2, -0.15) is 0 Å². The number of phenols is 1. The third-order valence-electron chi connectivity index (χ3n) is 2.09. The van der Waals surface area contributed by atoms with Gasteiger partial charge in [0.15, 0.2) is 0 Å². The summed E-state index contributed by atoms with van der Waals surface area (Å²) in [6.45, 7) is 0.472. The van der Waals surface area contributed by atoms with Gasteiger partial charge in [0, 0.05) is 7.11 Å². The van der Waals surface area contributed by atoms with Gasteiger partial charge in [0.05, 0.1) is 12.6 Å². The Morgan fingerprint density at radius 1 is 1.47 bits per heavy atom. The number of hydrogen-bond acceptors (Lipinski definition) is 3. The molecule has 0 aliphatic rings. The molecule has 0 aliphatic heterocycles. The quantitative estimate of drug-likeness (QED) is 0.678. The van der Waals surface area contributed by atoms with Gasteiger partial charge in [-0.05, 0) is 24.1 Å². The van der Waals surface area contributed by atoms with E-state index >= 15 is 0 Å². The molecule has 1 aromatic carbocycles. The molecule has 1 aromatic rings. The normalized spacial score (nSPS) is 12.1. The molecule has 0 saturated heterocycles. The molecule has 4 nitrogen and oxygen atoms in total. The SMILES string of the molecule is COCC(Cc1ccc(O)cc1)NC=O. The molecule has 0 fully saturated rings. The maximum absolute atomic E-state index is 10.3. The van der Waals surface area contributed by atoms with Gasteiger partial charge in [-0.25, -0.2) is 0 Å². The van der Waals surface area contributed by atoms with Crippen molar-refractivity contribution in [1.29, 1.82) is 0 Å². The van der Waals surface area contributed by atoms with Crippen molar-refractivity contribution in [3.63, 3.8) is 0 Å². The average molecular weight is 209 g/mol. The van der Waals surface area contributed by atoms with Crippen LogP contribution in [0.25, 0.3) is 0 Å². The summed E-state index contributed by atoms with van der Waals surface area (Å²) >= 11 is 0. The monoisotopic (exact) mass is 209 g/mol. The van der Waals surface area contributed by atoms with Crippen LogP contribution in [-0.2, 0) is 16.0 Å². The van der Waals surface area contributed by atoms with Gasteiger partial charge in [-0.3, -0.25) is 4.79 Å². The van der Waals surface area contributed by atoms with Crippen LogP contribution in [0.5, 0.6) is 5.75 Å². The second-order valence-corrected chi connectivity index (χ2v) is 3.31. The van der Waals surface area contributed by atoms with Crippen LogP contribution < -0.4 is 5.32 Å². The van der Waals surface area contributed by atoms with Crippen molar-refractivity contribution in [2.24, 2.45) is 0 Å². The van der Waals surface area contributed by atoms with Crippen LogP contribution in [0.1, 0.15) is 5.56 Å². The molecule has 4 heteroatoms. The Morgan fingerprint density at radius 3 is 2.67 bits per heavy atom. The first-order valence-electron chi connectivity index (χ1n) is 4.72. The van der Waals surface area contributed by atoms with Crippen molar-refractivity contribution >= 4 is 6.41 Å². The molecule has 0 spiro atoms. The lowest BCUT2D eigenvalue weighted by molar-refractivity contribution is -0.110. The Labute approximate surface area is 88.9 Å². The van der Waals surface area contributed by atoms with E-state index in [4.69, 9.17) is 9.84 Å². The highest BCUT2D eigenvalue weighted by molar-refractivity contribution is 5.46. The van der Waals surface area contributed by atoms with E-state index in [0.29, 0.717) is 19.4 Å². The van der Waals surface area contributed by atoms with Crippen LogP contribution in [-0.4, -0.2) is 31.3 Å². The minimum absolute atomic E-state index is 0.0305. The third-order valence-corrected chi connectivity index (χ3v) is 2.09. The first-order valence-corrected chi connectivity index (χ1v) is 4.72. The van der Waals surface area contributed by atoms with Crippen molar-refractivity contribution in [2.75, 3.05) is 13.7 Å². The molecular formula is C11H15NO3. The smallest absolute Gasteiger partial charge is 0.207 e. The molecule has 0 aliphatic carbocycles. The van der Waals surface area contributed by atoms with E-state index in [1.165, 1.54) is 0 Å². The zero-order valence-corrected chi connectivity index (χ0v) is 8.64. The minimum Gasteiger partial charge on any atom is -0.508 e. The van der Waals surface area contributed by atoms with E-state index in [9.17, 15) is 4.79 Å². The van der Waals surface area contributed by atoms with Crippen LogP contribution in [0.3, 0.4) is 0 Å². The molecule has 2 N–H and O–H groups in total. The average Bonchev–Trinajstić information content (AvgIpc) is 2.22. The fourth-order valence-electron chi connectivity index (χ4n) is 1.38. The van der Waals surface area contributed by atoms with Gasteiger partial charge in [-0.15, -0.1) is 0 Å². The predicted molar refractivity (Wildman–Crippen MR) is 56.7 cm³/mol. The lowest BCUT2D eigenvalue weighted by Crippen LogP contribution is -2.34. The summed E-state index contributed by atoms with van der Waals surface area (Å²) in [6, 6.07) is 6.87. The topological polar surface area (TPSA) is 58.6 Å². The lowest BCUT2D eigenvalue weighted by Gasteiger charge is -2.14. The number of aromatic hydroxyl groups is 1. The van der Waals surface area contributed by atoms with Crippen molar-refractivity contribution in [2.45, 2.75) is 12.5 Å². The third kappa shape index (κ3) is 3.99. The number of methoxy groups -OCH3 is 1.